The molecular weight excluding hydrogens is 378 g/mol. The number of benzene rings is 2. The van der Waals surface area contributed by atoms with Crippen LogP contribution in [0.4, 0.5) is 5.69 Å². The molecule has 0 atom stereocenters. The molecule has 0 aliphatic heterocycles. The van der Waals surface area contributed by atoms with Crippen molar-refractivity contribution in [2.75, 3.05) is 12.4 Å². The SMILES string of the molecule is CNS(=O)(=O)c1ccc(CCC(=O)Nc2ccc(C(=O)NC3CC3)cc2)cc1. The summed E-state index contributed by atoms with van der Waals surface area (Å²) in [5.74, 6) is -0.244. The van der Waals surface area contributed by atoms with E-state index in [4.69, 9.17) is 0 Å². The molecule has 1 aliphatic carbocycles. The molecule has 1 aliphatic rings. The van der Waals surface area contributed by atoms with Crippen LogP contribution in [0.1, 0.15) is 35.2 Å². The molecule has 3 rings (SSSR count). The number of aryl methyl sites for hydroxylation is 1. The molecule has 2 aromatic rings. The summed E-state index contributed by atoms with van der Waals surface area (Å²) in [6, 6.07) is 13.5. The highest BCUT2D eigenvalue weighted by Crippen LogP contribution is 2.20. The number of carbonyl (C=O) groups is 2. The van der Waals surface area contributed by atoms with Crippen LogP contribution in [0.15, 0.2) is 53.4 Å². The normalized spacial score (nSPS) is 13.8. The first-order chi connectivity index (χ1) is 13.4. The van der Waals surface area contributed by atoms with Crippen LogP contribution in [0.25, 0.3) is 0 Å². The van der Waals surface area contributed by atoms with Gasteiger partial charge >= 0.3 is 0 Å². The standard InChI is InChI=1S/C20H23N3O4S/c1-21-28(26,27)18-11-2-14(3-12-18)4-13-19(24)22-16-7-5-15(6-8-16)20(25)23-17-9-10-17/h2-3,5-8,11-12,17,21H,4,9-10,13H2,1H3,(H,22,24)(H,23,25). The third-order valence-corrected chi connectivity index (χ3v) is 5.92. The molecule has 0 radical (unpaired) electrons. The van der Waals surface area contributed by atoms with Crippen molar-refractivity contribution in [3.05, 3.63) is 59.7 Å². The summed E-state index contributed by atoms with van der Waals surface area (Å²) >= 11 is 0. The molecule has 2 aromatic carbocycles. The number of sulfonamides is 1. The fourth-order valence-electron chi connectivity index (χ4n) is 2.64. The highest BCUT2D eigenvalue weighted by atomic mass is 32.2. The Labute approximate surface area is 164 Å². The molecule has 3 N–H and O–H groups in total. The molecule has 0 aromatic heterocycles. The van der Waals surface area contributed by atoms with Crippen molar-refractivity contribution in [2.24, 2.45) is 0 Å². The summed E-state index contributed by atoms with van der Waals surface area (Å²) in [6.07, 6.45) is 2.83. The molecule has 0 bridgehead atoms. The maximum Gasteiger partial charge on any atom is 0.251 e. The highest BCUT2D eigenvalue weighted by molar-refractivity contribution is 7.89. The minimum atomic E-state index is -3.46. The van der Waals surface area contributed by atoms with Gasteiger partial charge in [-0.25, -0.2) is 13.1 Å². The molecule has 7 nitrogen and oxygen atoms in total. The predicted octanol–water partition coefficient (Wildman–Crippen LogP) is 2.06. The molecule has 0 saturated heterocycles. The van der Waals surface area contributed by atoms with E-state index >= 15 is 0 Å². The van der Waals surface area contributed by atoms with E-state index in [0.717, 1.165) is 18.4 Å². The summed E-state index contributed by atoms with van der Waals surface area (Å²) in [4.78, 5) is 24.3. The topological polar surface area (TPSA) is 104 Å². The number of nitrogens with one attached hydrogen (secondary N) is 3. The van der Waals surface area contributed by atoms with Gasteiger partial charge in [0.05, 0.1) is 4.90 Å². The van der Waals surface area contributed by atoms with Crippen molar-refractivity contribution in [3.63, 3.8) is 0 Å². The Bertz CT molecular complexity index is 950. The number of amides is 2. The minimum Gasteiger partial charge on any atom is -0.349 e. The Morgan fingerprint density at radius 3 is 2.21 bits per heavy atom. The second-order valence-corrected chi connectivity index (χ2v) is 8.61. The highest BCUT2D eigenvalue weighted by Gasteiger charge is 2.23. The van der Waals surface area contributed by atoms with Gasteiger partial charge in [-0.05, 0) is 68.3 Å². The molecule has 8 heteroatoms. The van der Waals surface area contributed by atoms with Gasteiger partial charge in [0.15, 0.2) is 0 Å². The van der Waals surface area contributed by atoms with Gasteiger partial charge in [-0.1, -0.05) is 12.1 Å². The van der Waals surface area contributed by atoms with E-state index in [1.54, 1.807) is 36.4 Å². The van der Waals surface area contributed by atoms with Crippen LogP contribution >= 0.6 is 0 Å². The fraction of sp³-hybridized carbons (Fsp3) is 0.300. The predicted molar refractivity (Wildman–Crippen MR) is 107 cm³/mol. The van der Waals surface area contributed by atoms with E-state index in [0.29, 0.717) is 23.7 Å². The zero-order valence-electron chi connectivity index (χ0n) is 15.6. The van der Waals surface area contributed by atoms with Crippen molar-refractivity contribution < 1.29 is 18.0 Å². The summed E-state index contributed by atoms with van der Waals surface area (Å²) in [5.41, 5.74) is 2.07. The second-order valence-electron chi connectivity index (χ2n) is 6.72. The third-order valence-electron chi connectivity index (χ3n) is 4.49. The van der Waals surface area contributed by atoms with Gasteiger partial charge in [0, 0.05) is 23.7 Å². The number of hydrogen-bond donors (Lipinski definition) is 3. The van der Waals surface area contributed by atoms with Crippen LogP contribution in [0.5, 0.6) is 0 Å². The van der Waals surface area contributed by atoms with Crippen molar-refractivity contribution in [1.29, 1.82) is 0 Å². The zero-order chi connectivity index (χ0) is 20.1. The third kappa shape index (κ3) is 5.40. The Hall–Kier alpha value is -2.71. The van der Waals surface area contributed by atoms with Crippen LogP contribution in [-0.4, -0.2) is 33.3 Å². The van der Waals surface area contributed by atoms with E-state index in [-0.39, 0.29) is 23.1 Å². The number of rotatable bonds is 8. The van der Waals surface area contributed by atoms with E-state index in [1.807, 2.05) is 0 Å². The van der Waals surface area contributed by atoms with E-state index < -0.39 is 10.0 Å². The fourth-order valence-corrected chi connectivity index (χ4v) is 3.37. The lowest BCUT2D eigenvalue weighted by Crippen LogP contribution is -2.25. The van der Waals surface area contributed by atoms with Crippen LogP contribution in [0, 0.1) is 0 Å². The van der Waals surface area contributed by atoms with E-state index in [1.165, 1.54) is 19.2 Å². The lowest BCUT2D eigenvalue weighted by Gasteiger charge is -2.08. The molecule has 148 valence electrons. The molecule has 28 heavy (non-hydrogen) atoms. The van der Waals surface area contributed by atoms with Gasteiger partial charge in [-0.15, -0.1) is 0 Å². The number of carbonyl (C=O) groups excluding carboxylic acids is 2. The van der Waals surface area contributed by atoms with Gasteiger partial charge in [-0.3, -0.25) is 9.59 Å². The summed E-state index contributed by atoms with van der Waals surface area (Å²) < 4.78 is 25.7. The van der Waals surface area contributed by atoms with Gasteiger partial charge in [0.2, 0.25) is 15.9 Å². The lowest BCUT2D eigenvalue weighted by molar-refractivity contribution is -0.116. The maximum absolute atomic E-state index is 12.1. The molecule has 1 fully saturated rings. The number of anilines is 1. The molecule has 0 heterocycles. The van der Waals surface area contributed by atoms with Crippen molar-refractivity contribution >= 4 is 27.5 Å². The minimum absolute atomic E-state index is 0.0934. The smallest absolute Gasteiger partial charge is 0.251 e. The van der Waals surface area contributed by atoms with Gasteiger partial charge < -0.3 is 10.6 Å². The van der Waals surface area contributed by atoms with Crippen LogP contribution < -0.4 is 15.4 Å². The lowest BCUT2D eigenvalue weighted by atomic mass is 10.1. The Balaban J connectivity index is 1.49. The largest absolute Gasteiger partial charge is 0.349 e. The first kappa shape index (κ1) is 20.0. The quantitative estimate of drug-likeness (QED) is 0.630. The first-order valence-electron chi connectivity index (χ1n) is 9.10. The van der Waals surface area contributed by atoms with Crippen molar-refractivity contribution in [1.82, 2.24) is 10.0 Å². The molecule has 0 spiro atoms. The molecular formula is C20H23N3O4S. The summed E-state index contributed by atoms with van der Waals surface area (Å²) in [6.45, 7) is 0. The Morgan fingerprint density at radius 1 is 1.00 bits per heavy atom. The number of hydrogen-bond acceptors (Lipinski definition) is 4. The zero-order valence-corrected chi connectivity index (χ0v) is 16.4. The van der Waals surface area contributed by atoms with Crippen LogP contribution in [0.3, 0.4) is 0 Å². The average molecular weight is 401 g/mol. The molecule has 2 amide bonds. The van der Waals surface area contributed by atoms with Gasteiger partial charge in [0.25, 0.3) is 5.91 Å². The van der Waals surface area contributed by atoms with E-state index in [9.17, 15) is 18.0 Å². The second kappa shape index (κ2) is 8.53. The Kier molecular flexibility index (Phi) is 6.11. The molecule has 1 saturated carbocycles. The Morgan fingerprint density at radius 2 is 1.64 bits per heavy atom. The first-order valence-corrected chi connectivity index (χ1v) is 10.6. The monoisotopic (exact) mass is 401 g/mol. The maximum atomic E-state index is 12.1. The molecule has 0 unspecified atom stereocenters. The van der Waals surface area contributed by atoms with Crippen molar-refractivity contribution in [3.8, 4) is 0 Å². The van der Waals surface area contributed by atoms with Crippen LogP contribution in [-0.2, 0) is 21.2 Å². The van der Waals surface area contributed by atoms with E-state index in [2.05, 4.69) is 15.4 Å². The van der Waals surface area contributed by atoms with Crippen LogP contribution in [0.2, 0.25) is 0 Å². The summed E-state index contributed by atoms with van der Waals surface area (Å²) in [5, 5.41) is 5.72. The van der Waals surface area contributed by atoms with Gasteiger partial charge in [0.1, 0.15) is 0 Å². The summed E-state index contributed by atoms with van der Waals surface area (Å²) in [7, 11) is -2.10. The van der Waals surface area contributed by atoms with Gasteiger partial charge in [-0.2, -0.15) is 0 Å². The average Bonchev–Trinajstić information content (AvgIpc) is 3.51. The van der Waals surface area contributed by atoms with Crippen molar-refractivity contribution in [2.45, 2.75) is 36.6 Å².